The van der Waals surface area contributed by atoms with Gasteiger partial charge >= 0.3 is 5.97 Å². The van der Waals surface area contributed by atoms with Crippen LogP contribution >= 0.6 is 0 Å². The Labute approximate surface area is 103 Å². The molecule has 1 heterocycles. The van der Waals surface area contributed by atoms with Gasteiger partial charge < -0.3 is 10.2 Å². The number of aromatic hydroxyl groups is 1. The molecular formula is C12H13N3O3. The molecule has 0 aliphatic heterocycles. The lowest BCUT2D eigenvalue weighted by Crippen LogP contribution is -2.28. The van der Waals surface area contributed by atoms with Gasteiger partial charge in [0.05, 0.1) is 11.9 Å². The summed E-state index contributed by atoms with van der Waals surface area (Å²) in [6.45, 7) is 3.10. The highest BCUT2D eigenvalue weighted by Crippen LogP contribution is 2.24. The van der Waals surface area contributed by atoms with E-state index in [2.05, 4.69) is 10.3 Å². The highest BCUT2D eigenvalue weighted by atomic mass is 16.4. The molecule has 0 radical (unpaired) electrons. The summed E-state index contributed by atoms with van der Waals surface area (Å²) in [5.41, 5.74) is -0.335. The topological polar surface area (TPSA) is 88.2 Å². The van der Waals surface area contributed by atoms with E-state index in [0.29, 0.717) is 11.4 Å². The van der Waals surface area contributed by atoms with E-state index < -0.39 is 11.4 Å². The largest absolute Gasteiger partial charge is 0.506 e. The zero-order valence-electron chi connectivity index (χ0n) is 10.0. The Morgan fingerprint density at radius 2 is 2.00 bits per heavy atom. The second kappa shape index (κ2) is 4.14. The smallest absolute Gasteiger partial charge is 0.315 e. The van der Waals surface area contributed by atoms with Crippen LogP contribution in [0.2, 0.25) is 0 Å². The van der Waals surface area contributed by atoms with E-state index in [-0.39, 0.29) is 5.75 Å². The van der Waals surface area contributed by atoms with E-state index in [0.717, 1.165) is 0 Å². The van der Waals surface area contributed by atoms with Crippen LogP contribution in [0.25, 0.3) is 5.69 Å². The summed E-state index contributed by atoms with van der Waals surface area (Å²) in [5, 5.41) is 26.5. The van der Waals surface area contributed by atoms with Crippen LogP contribution in [0.5, 0.6) is 5.75 Å². The van der Waals surface area contributed by atoms with Crippen LogP contribution in [0.4, 0.5) is 0 Å². The van der Waals surface area contributed by atoms with Crippen molar-refractivity contribution in [1.82, 2.24) is 15.0 Å². The summed E-state index contributed by atoms with van der Waals surface area (Å²) in [6, 6.07) is 6.64. The van der Waals surface area contributed by atoms with Gasteiger partial charge in [-0.2, -0.15) is 0 Å². The van der Waals surface area contributed by atoms with Crippen LogP contribution in [-0.4, -0.2) is 31.2 Å². The minimum atomic E-state index is -1.12. The van der Waals surface area contributed by atoms with E-state index >= 15 is 0 Å². The molecule has 2 aromatic rings. The number of rotatable bonds is 3. The minimum absolute atomic E-state index is 0.0575. The molecule has 6 nitrogen and oxygen atoms in total. The maximum absolute atomic E-state index is 11.1. The number of aromatic nitrogens is 3. The molecule has 0 bridgehead atoms. The van der Waals surface area contributed by atoms with Gasteiger partial charge in [0.1, 0.15) is 16.9 Å². The number of benzene rings is 1. The van der Waals surface area contributed by atoms with Crippen LogP contribution in [0, 0.1) is 0 Å². The standard InChI is InChI=1S/C12H13N3O3/c1-12(2,11(17)18)10-7-15(14-13-10)8-5-3-4-6-9(8)16/h3-7,16H,1-2H3,(H,17,18). The van der Waals surface area contributed by atoms with Crippen molar-refractivity contribution in [1.29, 1.82) is 0 Å². The molecule has 0 spiro atoms. The zero-order chi connectivity index (χ0) is 13.3. The van der Waals surface area contributed by atoms with Crippen molar-refractivity contribution in [3.63, 3.8) is 0 Å². The van der Waals surface area contributed by atoms with Crippen LogP contribution in [-0.2, 0) is 10.2 Å². The Kier molecular flexibility index (Phi) is 2.78. The molecule has 94 valence electrons. The fourth-order valence-electron chi connectivity index (χ4n) is 1.44. The fraction of sp³-hybridized carbons (Fsp3) is 0.250. The molecule has 1 aromatic heterocycles. The lowest BCUT2D eigenvalue weighted by atomic mass is 9.90. The van der Waals surface area contributed by atoms with Gasteiger partial charge in [0.15, 0.2) is 0 Å². The third-order valence-corrected chi connectivity index (χ3v) is 2.80. The first-order valence-corrected chi connectivity index (χ1v) is 5.37. The fourth-order valence-corrected chi connectivity index (χ4v) is 1.44. The van der Waals surface area contributed by atoms with Crippen molar-refractivity contribution >= 4 is 5.97 Å². The highest BCUT2D eigenvalue weighted by molar-refractivity contribution is 5.79. The van der Waals surface area contributed by atoms with Crippen LogP contribution in [0.1, 0.15) is 19.5 Å². The number of aliphatic carboxylic acids is 1. The average molecular weight is 247 g/mol. The number of carbonyl (C=O) groups is 1. The van der Waals surface area contributed by atoms with Gasteiger partial charge in [-0.1, -0.05) is 17.3 Å². The molecule has 2 rings (SSSR count). The van der Waals surface area contributed by atoms with Crippen molar-refractivity contribution in [3.8, 4) is 11.4 Å². The first kappa shape index (κ1) is 12.1. The first-order chi connectivity index (χ1) is 8.43. The first-order valence-electron chi connectivity index (χ1n) is 5.37. The number of phenolic OH excluding ortho intramolecular Hbond substituents is 1. The summed E-state index contributed by atoms with van der Waals surface area (Å²) in [5.74, 6) is -0.922. The molecule has 0 aliphatic carbocycles. The van der Waals surface area contributed by atoms with E-state index in [1.807, 2.05) is 0 Å². The molecule has 0 fully saturated rings. The Morgan fingerprint density at radius 3 is 2.61 bits per heavy atom. The number of carboxylic acids is 1. The summed E-state index contributed by atoms with van der Waals surface area (Å²) >= 11 is 0. The van der Waals surface area contributed by atoms with Gasteiger partial charge in [-0.05, 0) is 26.0 Å². The van der Waals surface area contributed by atoms with Gasteiger partial charge in [-0.25, -0.2) is 4.68 Å². The van der Waals surface area contributed by atoms with Crippen molar-refractivity contribution in [2.75, 3.05) is 0 Å². The third-order valence-electron chi connectivity index (χ3n) is 2.80. The molecular weight excluding hydrogens is 234 g/mol. The van der Waals surface area contributed by atoms with E-state index in [9.17, 15) is 9.90 Å². The van der Waals surface area contributed by atoms with Gasteiger partial charge in [0.25, 0.3) is 0 Å². The molecule has 0 saturated heterocycles. The van der Waals surface area contributed by atoms with Gasteiger partial charge in [-0.15, -0.1) is 5.10 Å². The molecule has 0 saturated carbocycles. The number of para-hydroxylation sites is 2. The summed E-state index contributed by atoms with van der Waals surface area (Å²) in [7, 11) is 0. The molecule has 0 amide bonds. The zero-order valence-corrected chi connectivity index (χ0v) is 10.0. The molecule has 0 aliphatic rings. The maximum Gasteiger partial charge on any atom is 0.315 e. The second-order valence-corrected chi connectivity index (χ2v) is 4.47. The predicted octanol–water partition coefficient (Wildman–Crippen LogP) is 1.34. The molecule has 6 heteroatoms. The quantitative estimate of drug-likeness (QED) is 0.854. The Hall–Kier alpha value is -2.37. The van der Waals surface area contributed by atoms with Crippen molar-refractivity contribution in [2.45, 2.75) is 19.3 Å². The SMILES string of the molecule is CC(C)(C(=O)O)c1cn(-c2ccccc2O)nn1. The monoisotopic (exact) mass is 247 g/mol. The number of phenols is 1. The van der Waals surface area contributed by atoms with Gasteiger partial charge in [0.2, 0.25) is 0 Å². The average Bonchev–Trinajstić information content (AvgIpc) is 2.79. The Balaban J connectivity index is 2.44. The van der Waals surface area contributed by atoms with Crippen molar-refractivity contribution < 1.29 is 15.0 Å². The van der Waals surface area contributed by atoms with Gasteiger partial charge in [0, 0.05) is 0 Å². The third kappa shape index (κ3) is 1.92. The van der Waals surface area contributed by atoms with Crippen LogP contribution in [0.3, 0.4) is 0 Å². The van der Waals surface area contributed by atoms with Crippen LogP contribution in [0.15, 0.2) is 30.5 Å². The molecule has 1 aromatic carbocycles. The van der Waals surface area contributed by atoms with E-state index in [4.69, 9.17) is 5.11 Å². The summed E-state index contributed by atoms with van der Waals surface area (Å²) < 4.78 is 1.36. The second-order valence-electron chi connectivity index (χ2n) is 4.47. The van der Waals surface area contributed by atoms with Crippen molar-refractivity contribution in [3.05, 3.63) is 36.2 Å². The number of nitrogens with zero attached hydrogens (tertiary/aromatic N) is 3. The van der Waals surface area contributed by atoms with E-state index in [1.165, 1.54) is 16.9 Å². The number of hydrogen-bond donors (Lipinski definition) is 2. The minimum Gasteiger partial charge on any atom is -0.506 e. The summed E-state index contributed by atoms with van der Waals surface area (Å²) in [4.78, 5) is 11.1. The Morgan fingerprint density at radius 1 is 1.33 bits per heavy atom. The number of hydrogen-bond acceptors (Lipinski definition) is 4. The summed E-state index contributed by atoms with van der Waals surface area (Å²) in [6.07, 6.45) is 1.50. The molecule has 0 atom stereocenters. The van der Waals surface area contributed by atoms with Crippen LogP contribution < -0.4 is 0 Å². The lowest BCUT2D eigenvalue weighted by molar-refractivity contribution is -0.142. The molecule has 18 heavy (non-hydrogen) atoms. The molecule has 0 unspecified atom stereocenters. The van der Waals surface area contributed by atoms with E-state index in [1.54, 1.807) is 32.0 Å². The molecule has 2 N–H and O–H groups in total. The predicted molar refractivity (Wildman–Crippen MR) is 63.7 cm³/mol. The number of carboxylic acid groups (broad SMARTS) is 1. The maximum atomic E-state index is 11.1. The lowest BCUT2D eigenvalue weighted by Gasteiger charge is -2.14. The van der Waals surface area contributed by atoms with Gasteiger partial charge in [-0.3, -0.25) is 4.79 Å². The Bertz CT molecular complexity index is 590. The van der Waals surface area contributed by atoms with Crippen molar-refractivity contribution in [2.24, 2.45) is 0 Å². The normalized spacial score (nSPS) is 11.4. The highest BCUT2D eigenvalue weighted by Gasteiger charge is 2.32.